The number of aliphatic hydroxyl groups is 1. The van der Waals surface area contributed by atoms with Gasteiger partial charge in [-0.1, -0.05) is 36.4 Å². The first-order chi connectivity index (χ1) is 13.8. The number of rotatable bonds is 7. The summed E-state index contributed by atoms with van der Waals surface area (Å²) in [5.74, 6) is 0. The van der Waals surface area contributed by atoms with Crippen molar-refractivity contribution in [1.29, 1.82) is 0 Å². The third-order valence-electron chi connectivity index (χ3n) is 4.70. The van der Waals surface area contributed by atoms with Gasteiger partial charge in [0.1, 0.15) is 0 Å². The van der Waals surface area contributed by atoms with Crippen molar-refractivity contribution in [2.24, 2.45) is 0 Å². The minimum Gasteiger partial charge on any atom is -0.394 e. The topological polar surface area (TPSA) is 99.3 Å². The molecule has 7 nitrogen and oxygen atoms in total. The lowest BCUT2D eigenvalue weighted by atomic mass is 10.1. The Morgan fingerprint density at radius 1 is 1.14 bits per heavy atom. The summed E-state index contributed by atoms with van der Waals surface area (Å²) in [4.78, 5) is 11.9. The molecule has 2 amide bonds. The SMILES string of the molecule is O=C(NCCOCCO)Nc1ccc(-c2n[nH]c3c2Cc2ccccc2-3)cc1. The average Bonchev–Trinajstić information content (AvgIpc) is 3.28. The molecule has 0 bridgehead atoms. The highest BCUT2D eigenvalue weighted by Crippen LogP contribution is 2.39. The molecule has 1 aliphatic rings. The van der Waals surface area contributed by atoms with Gasteiger partial charge in [-0.15, -0.1) is 0 Å². The molecular formula is C21H22N4O3. The standard InChI is InChI=1S/C21H22N4O3/c26-10-12-28-11-9-22-21(27)23-16-7-5-14(6-8-16)19-18-13-15-3-1-2-4-17(15)20(18)25-24-19/h1-8,26H,9-13H2,(H,24,25)(H2,22,23,27). The molecule has 0 aliphatic heterocycles. The Morgan fingerprint density at radius 2 is 1.96 bits per heavy atom. The summed E-state index contributed by atoms with van der Waals surface area (Å²) in [6, 6.07) is 15.7. The number of amides is 2. The quantitative estimate of drug-likeness (QED) is 0.372. The first-order valence-electron chi connectivity index (χ1n) is 9.25. The van der Waals surface area contributed by atoms with Crippen molar-refractivity contribution in [3.05, 3.63) is 59.7 Å². The molecule has 0 fully saturated rings. The van der Waals surface area contributed by atoms with Gasteiger partial charge in [0.15, 0.2) is 0 Å². The van der Waals surface area contributed by atoms with Crippen molar-refractivity contribution in [2.75, 3.05) is 31.7 Å². The van der Waals surface area contributed by atoms with Crippen molar-refractivity contribution in [2.45, 2.75) is 6.42 Å². The predicted octanol–water partition coefficient (Wildman–Crippen LogP) is 2.78. The highest BCUT2D eigenvalue weighted by Gasteiger charge is 2.24. The van der Waals surface area contributed by atoms with Gasteiger partial charge >= 0.3 is 6.03 Å². The molecule has 4 rings (SSSR count). The van der Waals surface area contributed by atoms with E-state index in [1.54, 1.807) is 0 Å². The molecule has 0 spiro atoms. The maximum atomic E-state index is 11.9. The molecule has 28 heavy (non-hydrogen) atoms. The largest absolute Gasteiger partial charge is 0.394 e. The number of nitrogens with zero attached hydrogens (tertiary/aromatic N) is 1. The number of ether oxygens (including phenoxy) is 1. The molecule has 7 heteroatoms. The van der Waals surface area contributed by atoms with E-state index in [0.717, 1.165) is 23.4 Å². The highest BCUT2D eigenvalue weighted by molar-refractivity contribution is 5.89. The number of urea groups is 1. The molecule has 2 aromatic carbocycles. The average molecular weight is 378 g/mol. The van der Waals surface area contributed by atoms with Crippen LogP contribution in [0.3, 0.4) is 0 Å². The van der Waals surface area contributed by atoms with Gasteiger partial charge in [-0.25, -0.2) is 4.79 Å². The van der Waals surface area contributed by atoms with Crippen LogP contribution in [0, 0.1) is 0 Å². The highest BCUT2D eigenvalue weighted by atomic mass is 16.5. The first kappa shape index (κ1) is 18.2. The summed E-state index contributed by atoms with van der Waals surface area (Å²) < 4.78 is 5.10. The number of H-pyrrole nitrogens is 1. The lowest BCUT2D eigenvalue weighted by Gasteiger charge is -2.08. The number of nitrogens with one attached hydrogen (secondary N) is 3. The number of hydrogen-bond acceptors (Lipinski definition) is 4. The van der Waals surface area contributed by atoms with Crippen LogP contribution in [0.15, 0.2) is 48.5 Å². The fourth-order valence-electron chi connectivity index (χ4n) is 3.40. The van der Waals surface area contributed by atoms with E-state index in [2.05, 4.69) is 39.0 Å². The zero-order chi connectivity index (χ0) is 19.3. The van der Waals surface area contributed by atoms with E-state index >= 15 is 0 Å². The summed E-state index contributed by atoms with van der Waals surface area (Å²) in [7, 11) is 0. The zero-order valence-electron chi connectivity index (χ0n) is 15.4. The molecular weight excluding hydrogens is 356 g/mol. The number of aromatic amines is 1. The zero-order valence-corrected chi connectivity index (χ0v) is 15.4. The number of fused-ring (bicyclic) bond motifs is 3. The summed E-state index contributed by atoms with van der Waals surface area (Å²) in [5, 5.41) is 21.8. The maximum Gasteiger partial charge on any atom is 0.319 e. The monoisotopic (exact) mass is 378 g/mol. The van der Waals surface area contributed by atoms with Crippen LogP contribution in [-0.4, -0.2) is 47.7 Å². The molecule has 3 aromatic rings. The molecule has 0 radical (unpaired) electrons. The molecule has 0 atom stereocenters. The van der Waals surface area contributed by atoms with E-state index in [0.29, 0.717) is 18.8 Å². The van der Waals surface area contributed by atoms with Gasteiger partial charge in [-0.2, -0.15) is 5.10 Å². The lowest BCUT2D eigenvalue weighted by Crippen LogP contribution is -2.31. The van der Waals surface area contributed by atoms with E-state index < -0.39 is 0 Å². The second-order valence-corrected chi connectivity index (χ2v) is 6.55. The number of hydrogen-bond donors (Lipinski definition) is 4. The lowest BCUT2D eigenvalue weighted by molar-refractivity contribution is 0.0950. The summed E-state index contributed by atoms with van der Waals surface area (Å²) in [5.41, 5.74) is 7.49. The van der Waals surface area contributed by atoms with Crippen LogP contribution in [0.5, 0.6) is 0 Å². The van der Waals surface area contributed by atoms with Gasteiger partial charge in [0.2, 0.25) is 0 Å². The normalized spacial score (nSPS) is 11.8. The van der Waals surface area contributed by atoms with Crippen molar-refractivity contribution in [1.82, 2.24) is 15.5 Å². The molecule has 1 aromatic heterocycles. The molecule has 144 valence electrons. The van der Waals surface area contributed by atoms with Gasteiger partial charge in [-0.3, -0.25) is 5.10 Å². The van der Waals surface area contributed by atoms with E-state index in [-0.39, 0.29) is 19.2 Å². The van der Waals surface area contributed by atoms with Crippen LogP contribution in [-0.2, 0) is 11.2 Å². The first-order valence-corrected chi connectivity index (χ1v) is 9.25. The molecule has 0 saturated carbocycles. The van der Waals surface area contributed by atoms with Crippen molar-refractivity contribution in [3.8, 4) is 22.5 Å². The Morgan fingerprint density at radius 3 is 2.79 bits per heavy atom. The number of aliphatic hydroxyl groups excluding tert-OH is 1. The number of carbonyl (C=O) groups is 1. The van der Waals surface area contributed by atoms with Crippen LogP contribution in [0.1, 0.15) is 11.1 Å². The molecule has 4 N–H and O–H groups in total. The van der Waals surface area contributed by atoms with E-state index in [4.69, 9.17) is 9.84 Å². The second-order valence-electron chi connectivity index (χ2n) is 6.55. The van der Waals surface area contributed by atoms with Gasteiger partial charge in [0.05, 0.1) is 31.2 Å². The van der Waals surface area contributed by atoms with Crippen LogP contribution < -0.4 is 10.6 Å². The minimum atomic E-state index is -0.295. The number of anilines is 1. The maximum absolute atomic E-state index is 11.9. The van der Waals surface area contributed by atoms with Gasteiger partial charge < -0.3 is 20.5 Å². The Bertz CT molecular complexity index is 966. The third-order valence-corrected chi connectivity index (χ3v) is 4.70. The van der Waals surface area contributed by atoms with Crippen LogP contribution >= 0.6 is 0 Å². The second kappa shape index (κ2) is 8.24. The smallest absolute Gasteiger partial charge is 0.319 e. The van der Waals surface area contributed by atoms with Crippen molar-refractivity contribution in [3.63, 3.8) is 0 Å². The number of benzene rings is 2. The number of carbonyl (C=O) groups excluding carboxylic acids is 1. The Kier molecular flexibility index (Phi) is 5.36. The van der Waals surface area contributed by atoms with Crippen LogP contribution in [0.25, 0.3) is 22.5 Å². The number of aromatic nitrogens is 2. The fourth-order valence-corrected chi connectivity index (χ4v) is 3.40. The van der Waals surface area contributed by atoms with Gasteiger partial charge in [-0.05, 0) is 17.7 Å². The van der Waals surface area contributed by atoms with Crippen LogP contribution in [0.2, 0.25) is 0 Å². The molecule has 0 saturated heterocycles. The van der Waals surface area contributed by atoms with Crippen molar-refractivity contribution >= 4 is 11.7 Å². The summed E-state index contributed by atoms with van der Waals surface area (Å²) in [6.07, 6.45) is 0.873. The van der Waals surface area contributed by atoms with Gasteiger partial charge in [0, 0.05) is 35.3 Å². The molecule has 1 aliphatic carbocycles. The van der Waals surface area contributed by atoms with Gasteiger partial charge in [0.25, 0.3) is 0 Å². The third kappa shape index (κ3) is 3.76. The minimum absolute atomic E-state index is 0.0240. The van der Waals surface area contributed by atoms with Crippen LogP contribution in [0.4, 0.5) is 10.5 Å². The molecule has 0 unspecified atom stereocenters. The van der Waals surface area contributed by atoms with E-state index in [9.17, 15) is 4.79 Å². The fraction of sp³-hybridized carbons (Fsp3) is 0.238. The van der Waals surface area contributed by atoms with Crippen molar-refractivity contribution < 1.29 is 14.6 Å². The van der Waals surface area contributed by atoms with E-state index in [1.807, 2.05) is 30.3 Å². The Hall–Kier alpha value is -3.16. The molecule has 1 heterocycles. The van der Waals surface area contributed by atoms with E-state index in [1.165, 1.54) is 16.7 Å². The Balaban J connectivity index is 1.38. The Labute approximate surface area is 162 Å². The summed E-state index contributed by atoms with van der Waals surface area (Å²) in [6.45, 7) is 0.986. The summed E-state index contributed by atoms with van der Waals surface area (Å²) >= 11 is 0. The predicted molar refractivity (Wildman–Crippen MR) is 107 cm³/mol.